The van der Waals surface area contributed by atoms with Gasteiger partial charge in [-0.25, -0.2) is 0 Å². The van der Waals surface area contributed by atoms with Crippen LogP contribution in [-0.2, 0) is 0 Å². The van der Waals surface area contributed by atoms with Crippen molar-refractivity contribution in [3.8, 4) is 0 Å². The maximum absolute atomic E-state index is 3.57. The minimum absolute atomic E-state index is 0.680. The van der Waals surface area contributed by atoms with Crippen molar-refractivity contribution in [1.82, 2.24) is 5.32 Å². The summed E-state index contributed by atoms with van der Waals surface area (Å²) in [6.45, 7) is 7.85. The quantitative estimate of drug-likeness (QED) is 0.835. The van der Waals surface area contributed by atoms with E-state index in [-0.39, 0.29) is 0 Å². The number of benzene rings is 1. The van der Waals surface area contributed by atoms with E-state index >= 15 is 0 Å². The lowest BCUT2D eigenvalue weighted by Gasteiger charge is -2.28. The summed E-state index contributed by atoms with van der Waals surface area (Å²) in [5, 5.41) is 3.57. The molecular weight excluding hydrogens is 196 g/mol. The largest absolute Gasteiger partial charge is 0.370 e. The standard InChI is InChI=1S/C14H22N2/c1-3-16(11-13-8-6-10-15-13)14-9-5-4-7-12(14)2/h4-5,7,9,13,15H,3,6,8,10-11H2,1-2H3/t13-/m0/s1. The molecule has 0 amide bonds. The number of hydrogen-bond acceptors (Lipinski definition) is 2. The van der Waals surface area contributed by atoms with Gasteiger partial charge in [0.1, 0.15) is 0 Å². The molecule has 1 N–H and O–H groups in total. The second-order valence-electron chi connectivity index (χ2n) is 4.62. The van der Waals surface area contributed by atoms with E-state index in [1.165, 1.54) is 30.6 Å². The van der Waals surface area contributed by atoms with Crippen LogP contribution in [0.5, 0.6) is 0 Å². The van der Waals surface area contributed by atoms with Crippen molar-refractivity contribution in [3.05, 3.63) is 29.8 Å². The molecule has 88 valence electrons. The van der Waals surface area contributed by atoms with E-state index in [4.69, 9.17) is 0 Å². The number of likely N-dealkylation sites (N-methyl/N-ethyl adjacent to an activating group) is 1. The van der Waals surface area contributed by atoms with Crippen LogP contribution in [0.15, 0.2) is 24.3 Å². The van der Waals surface area contributed by atoms with Crippen LogP contribution in [-0.4, -0.2) is 25.7 Å². The number of aryl methyl sites for hydroxylation is 1. The molecule has 0 radical (unpaired) electrons. The zero-order chi connectivity index (χ0) is 11.4. The van der Waals surface area contributed by atoms with Crippen LogP contribution in [0.25, 0.3) is 0 Å². The SMILES string of the molecule is CCN(C[C@@H]1CCCN1)c1ccccc1C. The van der Waals surface area contributed by atoms with Crippen LogP contribution < -0.4 is 10.2 Å². The molecule has 1 heterocycles. The fourth-order valence-corrected chi connectivity index (χ4v) is 2.49. The van der Waals surface area contributed by atoms with Crippen molar-refractivity contribution in [1.29, 1.82) is 0 Å². The van der Waals surface area contributed by atoms with Crippen LogP contribution in [0.3, 0.4) is 0 Å². The summed E-state index contributed by atoms with van der Waals surface area (Å²) in [6, 6.07) is 9.35. The molecule has 2 heteroatoms. The molecule has 2 rings (SSSR count). The topological polar surface area (TPSA) is 15.3 Å². The Morgan fingerprint density at radius 3 is 2.81 bits per heavy atom. The predicted molar refractivity (Wildman–Crippen MR) is 70.1 cm³/mol. The zero-order valence-electron chi connectivity index (χ0n) is 10.4. The van der Waals surface area contributed by atoms with E-state index in [1.54, 1.807) is 0 Å². The van der Waals surface area contributed by atoms with Crippen LogP contribution in [0, 0.1) is 6.92 Å². The van der Waals surface area contributed by atoms with E-state index in [2.05, 4.69) is 48.3 Å². The Labute approximate surface area is 98.7 Å². The summed E-state index contributed by atoms with van der Waals surface area (Å²) >= 11 is 0. The minimum atomic E-state index is 0.680. The third kappa shape index (κ3) is 2.56. The van der Waals surface area contributed by atoms with Crippen molar-refractivity contribution in [3.63, 3.8) is 0 Å². The van der Waals surface area contributed by atoms with E-state index in [0.29, 0.717) is 6.04 Å². The maximum Gasteiger partial charge on any atom is 0.0396 e. The molecular formula is C14H22N2. The molecule has 0 saturated carbocycles. The molecule has 0 aliphatic carbocycles. The van der Waals surface area contributed by atoms with Gasteiger partial charge < -0.3 is 10.2 Å². The average molecular weight is 218 g/mol. The van der Waals surface area contributed by atoms with Gasteiger partial charge in [0, 0.05) is 24.8 Å². The molecule has 1 aliphatic heterocycles. The number of para-hydroxylation sites is 1. The van der Waals surface area contributed by atoms with Gasteiger partial charge in [-0.2, -0.15) is 0 Å². The first kappa shape index (κ1) is 11.5. The van der Waals surface area contributed by atoms with Gasteiger partial charge in [-0.1, -0.05) is 18.2 Å². The molecule has 1 aliphatic rings. The maximum atomic E-state index is 3.57. The number of anilines is 1. The molecule has 1 fully saturated rings. The highest BCUT2D eigenvalue weighted by molar-refractivity contribution is 5.53. The number of nitrogens with one attached hydrogen (secondary N) is 1. The normalized spacial score (nSPS) is 20.0. The third-order valence-electron chi connectivity index (χ3n) is 3.44. The molecule has 1 aromatic rings. The van der Waals surface area contributed by atoms with Gasteiger partial charge >= 0.3 is 0 Å². The lowest BCUT2D eigenvalue weighted by Crippen LogP contribution is -2.37. The van der Waals surface area contributed by atoms with Crippen molar-refractivity contribution >= 4 is 5.69 Å². The summed E-state index contributed by atoms with van der Waals surface area (Å²) in [6.07, 6.45) is 2.65. The Morgan fingerprint density at radius 1 is 1.38 bits per heavy atom. The fourth-order valence-electron chi connectivity index (χ4n) is 2.49. The molecule has 0 spiro atoms. The summed E-state index contributed by atoms with van der Waals surface area (Å²) in [7, 11) is 0. The van der Waals surface area contributed by atoms with Crippen molar-refractivity contribution < 1.29 is 0 Å². The lowest BCUT2D eigenvalue weighted by molar-refractivity contribution is 0.586. The Balaban J connectivity index is 2.06. The molecule has 0 unspecified atom stereocenters. The summed E-state index contributed by atoms with van der Waals surface area (Å²) < 4.78 is 0. The van der Waals surface area contributed by atoms with Gasteiger partial charge in [0.2, 0.25) is 0 Å². The Kier molecular flexibility index (Phi) is 3.83. The third-order valence-corrected chi connectivity index (χ3v) is 3.44. The Morgan fingerprint density at radius 2 is 2.19 bits per heavy atom. The summed E-state index contributed by atoms with van der Waals surface area (Å²) in [5.74, 6) is 0. The molecule has 1 saturated heterocycles. The second kappa shape index (κ2) is 5.35. The molecule has 0 bridgehead atoms. The van der Waals surface area contributed by atoms with Crippen molar-refractivity contribution in [2.24, 2.45) is 0 Å². The van der Waals surface area contributed by atoms with E-state index in [0.717, 1.165) is 13.1 Å². The average Bonchev–Trinajstić information content (AvgIpc) is 2.80. The number of nitrogens with zero attached hydrogens (tertiary/aromatic N) is 1. The van der Waals surface area contributed by atoms with Crippen LogP contribution in [0.1, 0.15) is 25.3 Å². The van der Waals surface area contributed by atoms with Gasteiger partial charge in [0.05, 0.1) is 0 Å². The van der Waals surface area contributed by atoms with E-state index < -0.39 is 0 Å². The van der Waals surface area contributed by atoms with Crippen LogP contribution >= 0.6 is 0 Å². The first-order chi connectivity index (χ1) is 7.81. The molecule has 16 heavy (non-hydrogen) atoms. The van der Waals surface area contributed by atoms with E-state index in [9.17, 15) is 0 Å². The highest BCUT2D eigenvalue weighted by Gasteiger charge is 2.17. The number of rotatable bonds is 4. The summed E-state index contributed by atoms with van der Waals surface area (Å²) in [5.41, 5.74) is 2.76. The number of hydrogen-bond donors (Lipinski definition) is 1. The van der Waals surface area contributed by atoms with Gasteiger partial charge in [-0.3, -0.25) is 0 Å². The fraction of sp³-hybridized carbons (Fsp3) is 0.571. The molecule has 1 aromatic carbocycles. The predicted octanol–water partition coefficient (Wildman–Crippen LogP) is 2.57. The Bertz CT molecular complexity index is 329. The molecule has 1 atom stereocenters. The highest BCUT2D eigenvalue weighted by atomic mass is 15.2. The van der Waals surface area contributed by atoms with E-state index in [1.807, 2.05) is 0 Å². The summed E-state index contributed by atoms with van der Waals surface area (Å²) in [4.78, 5) is 2.48. The van der Waals surface area contributed by atoms with Crippen molar-refractivity contribution in [2.75, 3.05) is 24.5 Å². The monoisotopic (exact) mass is 218 g/mol. The van der Waals surface area contributed by atoms with Crippen molar-refractivity contribution in [2.45, 2.75) is 32.7 Å². The first-order valence-electron chi connectivity index (χ1n) is 6.35. The highest BCUT2D eigenvalue weighted by Crippen LogP contribution is 2.20. The van der Waals surface area contributed by atoms with Gasteiger partial charge in [-0.05, 0) is 44.9 Å². The molecule has 2 nitrogen and oxygen atoms in total. The minimum Gasteiger partial charge on any atom is -0.370 e. The molecule has 0 aromatic heterocycles. The second-order valence-corrected chi connectivity index (χ2v) is 4.62. The Hall–Kier alpha value is -1.02. The zero-order valence-corrected chi connectivity index (χ0v) is 10.4. The lowest BCUT2D eigenvalue weighted by atomic mass is 10.1. The van der Waals surface area contributed by atoms with Gasteiger partial charge in [0.25, 0.3) is 0 Å². The van der Waals surface area contributed by atoms with Crippen LogP contribution in [0.2, 0.25) is 0 Å². The van der Waals surface area contributed by atoms with Gasteiger partial charge in [-0.15, -0.1) is 0 Å². The first-order valence-corrected chi connectivity index (χ1v) is 6.35. The van der Waals surface area contributed by atoms with Crippen LogP contribution in [0.4, 0.5) is 5.69 Å². The van der Waals surface area contributed by atoms with Gasteiger partial charge in [0.15, 0.2) is 0 Å². The smallest absolute Gasteiger partial charge is 0.0396 e.